The van der Waals surface area contributed by atoms with Crippen LogP contribution in [0.5, 0.6) is 0 Å². The molecule has 7 rings (SSSR count). The Bertz CT molecular complexity index is 1270. The smallest absolute Gasteiger partial charge is 0.239 e. The normalized spacial score (nSPS) is 27.5. The van der Waals surface area contributed by atoms with Gasteiger partial charge in [0.05, 0.1) is 23.1 Å². The topological polar surface area (TPSA) is 61.2 Å². The van der Waals surface area contributed by atoms with E-state index in [2.05, 4.69) is 37.3 Å². The van der Waals surface area contributed by atoms with Crippen molar-refractivity contribution in [1.82, 2.24) is 0 Å². The summed E-state index contributed by atoms with van der Waals surface area (Å²) in [6.45, 7) is 2.11. The van der Waals surface area contributed by atoms with E-state index < -0.39 is 17.3 Å². The van der Waals surface area contributed by atoms with Crippen molar-refractivity contribution in [2.24, 2.45) is 11.8 Å². The molecule has 3 aromatic carbocycles. The number of rotatable bonds is 2. The Kier molecular flexibility index (Phi) is 3.59. The van der Waals surface area contributed by atoms with E-state index in [0.717, 1.165) is 17.5 Å². The first-order valence-electron chi connectivity index (χ1n) is 10.7. The van der Waals surface area contributed by atoms with Gasteiger partial charge < -0.3 is 0 Å². The second-order valence-electron chi connectivity index (χ2n) is 8.62. The largest absolute Gasteiger partial charge is 0.274 e. The minimum absolute atomic E-state index is 0.151. The first kappa shape index (κ1) is 18.1. The molecule has 150 valence electrons. The molecular formula is C27H20N2O2. The molecule has 3 aliphatic carbocycles. The van der Waals surface area contributed by atoms with Gasteiger partial charge in [-0.3, -0.25) is 9.59 Å². The fourth-order valence-corrected chi connectivity index (χ4v) is 6.53. The molecule has 0 unspecified atom stereocenters. The summed E-state index contributed by atoms with van der Waals surface area (Å²) in [5.41, 5.74) is 4.83. The number of para-hydroxylation sites is 1. The summed E-state index contributed by atoms with van der Waals surface area (Å²) in [7, 11) is 0. The first-order valence-corrected chi connectivity index (χ1v) is 10.7. The molecule has 0 radical (unpaired) electrons. The lowest BCUT2D eigenvalue weighted by Gasteiger charge is -2.54. The second kappa shape index (κ2) is 6.15. The average Bonchev–Trinajstić information content (AvgIpc) is 3.09. The van der Waals surface area contributed by atoms with E-state index in [1.165, 1.54) is 16.0 Å². The van der Waals surface area contributed by atoms with Crippen LogP contribution in [0.25, 0.3) is 0 Å². The zero-order valence-electron chi connectivity index (χ0n) is 17.1. The number of hydrogen-bond acceptors (Lipinski definition) is 3. The van der Waals surface area contributed by atoms with Crippen molar-refractivity contribution >= 4 is 17.5 Å². The first-order chi connectivity index (χ1) is 15.1. The van der Waals surface area contributed by atoms with Gasteiger partial charge in [-0.1, -0.05) is 67.6 Å². The standard InChI is InChI=1S/C27H20N2O2/c1-2-27-19-12-6-4-10-17(19)22(18-11-5-7-13-20(18)27)23-24(27)26(31)29(25(23)30)21-14-8-3-9-16(21)15-28/h3-14,22-24H,2H2,1H3/t22?,23-,24+,27?/m1/s1. The fourth-order valence-electron chi connectivity index (χ4n) is 6.53. The molecule has 1 heterocycles. The molecule has 1 fully saturated rings. The van der Waals surface area contributed by atoms with Gasteiger partial charge in [-0.15, -0.1) is 0 Å². The van der Waals surface area contributed by atoms with Gasteiger partial charge in [0.25, 0.3) is 0 Å². The molecule has 1 aliphatic heterocycles. The molecule has 2 atom stereocenters. The minimum atomic E-state index is -0.546. The number of carbonyl (C=O) groups is 2. The van der Waals surface area contributed by atoms with Gasteiger partial charge in [0.1, 0.15) is 6.07 Å². The predicted molar refractivity (Wildman–Crippen MR) is 116 cm³/mol. The van der Waals surface area contributed by atoms with Crippen molar-refractivity contribution in [2.45, 2.75) is 24.7 Å². The molecule has 31 heavy (non-hydrogen) atoms. The number of anilines is 1. The van der Waals surface area contributed by atoms with Gasteiger partial charge in [-0.05, 0) is 40.8 Å². The van der Waals surface area contributed by atoms with Crippen LogP contribution < -0.4 is 4.90 Å². The monoisotopic (exact) mass is 404 g/mol. The van der Waals surface area contributed by atoms with E-state index in [4.69, 9.17) is 0 Å². The lowest BCUT2D eigenvalue weighted by atomic mass is 9.46. The van der Waals surface area contributed by atoms with Crippen LogP contribution in [0.1, 0.15) is 47.1 Å². The van der Waals surface area contributed by atoms with E-state index in [0.29, 0.717) is 11.3 Å². The number of benzene rings is 3. The Hall–Kier alpha value is -3.71. The summed E-state index contributed by atoms with van der Waals surface area (Å²) in [6.07, 6.45) is 0.724. The molecule has 3 aromatic rings. The van der Waals surface area contributed by atoms with Crippen LogP contribution in [0, 0.1) is 23.2 Å². The average molecular weight is 404 g/mol. The SMILES string of the molecule is CCC12c3ccccc3C(c3ccccc31)[C@H]1C(=O)N(c3ccccc3C#N)C(=O)[C@H]12. The van der Waals surface area contributed by atoms with Crippen molar-refractivity contribution in [3.05, 3.63) is 101 Å². The zero-order chi connectivity index (χ0) is 21.3. The van der Waals surface area contributed by atoms with Gasteiger partial charge in [-0.25, -0.2) is 4.90 Å². The third-order valence-corrected chi connectivity index (χ3v) is 7.62. The fraction of sp³-hybridized carbons (Fsp3) is 0.222. The van der Waals surface area contributed by atoms with Crippen molar-refractivity contribution in [1.29, 1.82) is 5.26 Å². The molecule has 0 N–H and O–H groups in total. The highest BCUT2D eigenvalue weighted by Crippen LogP contribution is 2.65. The number of imide groups is 1. The zero-order valence-corrected chi connectivity index (χ0v) is 17.1. The molecule has 1 saturated heterocycles. The highest BCUT2D eigenvalue weighted by atomic mass is 16.2. The highest BCUT2D eigenvalue weighted by molar-refractivity contribution is 6.24. The number of carbonyl (C=O) groups excluding carboxylic acids is 2. The van der Waals surface area contributed by atoms with Crippen LogP contribution >= 0.6 is 0 Å². The third-order valence-electron chi connectivity index (χ3n) is 7.62. The van der Waals surface area contributed by atoms with Gasteiger partial charge in [-0.2, -0.15) is 5.26 Å². The molecule has 0 spiro atoms. The molecule has 2 amide bonds. The Morgan fingerprint density at radius 2 is 1.45 bits per heavy atom. The summed E-state index contributed by atoms with van der Waals surface area (Å²) in [4.78, 5) is 29.2. The number of nitriles is 1. The molecule has 4 aliphatic rings. The van der Waals surface area contributed by atoms with Crippen LogP contribution in [0.4, 0.5) is 5.69 Å². The Labute approximate surface area is 180 Å². The molecule has 0 aromatic heterocycles. The maximum absolute atomic E-state index is 14.0. The van der Waals surface area contributed by atoms with Crippen LogP contribution in [0.2, 0.25) is 0 Å². The summed E-state index contributed by atoms with van der Waals surface area (Å²) in [6, 6.07) is 25.6. The Morgan fingerprint density at radius 1 is 0.871 bits per heavy atom. The maximum Gasteiger partial charge on any atom is 0.239 e. The van der Waals surface area contributed by atoms with Gasteiger partial charge in [0.15, 0.2) is 0 Å². The summed E-state index contributed by atoms with van der Waals surface area (Å²) in [5.74, 6) is -1.45. The van der Waals surface area contributed by atoms with Crippen LogP contribution in [0.15, 0.2) is 72.8 Å². The lowest BCUT2D eigenvalue weighted by molar-refractivity contribution is -0.123. The lowest BCUT2D eigenvalue weighted by Crippen LogP contribution is -2.53. The van der Waals surface area contributed by atoms with Crippen molar-refractivity contribution in [3.8, 4) is 6.07 Å². The van der Waals surface area contributed by atoms with Crippen LogP contribution in [-0.2, 0) is 15.0 Å². The molecule has 2 bridgehead atoms. The molecule has 4 heteroatoms. The van der Waals surface area contributed by atoms with E-state index in [1.807, 2.05) is 24.3 Å². The van der Waals surface area contributed by atoms with E-state index in [9.17, 15) is 14.9 Å². The Balaban J connectivity index is 1.65. The summed E-state index contributed by atoms with van der Waals surface area (Å²) >= 11 is 0. The maximum atomic E-state index is 14.0. The Morgan fingerprint density at radius 3 is 2.06 bits per heavy atom. The van der Waals surface area contributed by atoms with E-state index >= 15 is 0 Å². The van der Waals surface area contributed by atoms with Gasteiger partial charge in [0.2, 0.25) is 11.8 Å². The van der Waals surface area contributed by atoms with Crippen molar-refractivity contribution in [2.75, 3.05) is 4.90 Å². The predicted octanol–water partition coefficient (Wildman–Crippen LogP) is 4.52. The number of nitrogens with zero attached hydrogens (tertiary/aromatic N) is 2. The highest BCUT2D eigenvalue weighted by Gasteiger charge is 2.67. The van der Waals surface area contributed by atoms with Crippen LogP contribution in [-0.4, -0.2) is 11.8 Å². The molecular weight excluding hydrogens is 384 g/mol. The van der Waals surface area contributed by atoms with Gasteiger partial charge in [0, 0.05) is 11.3 Å². The second-order valence-corrected chi connectivity index (χ2v) is 8.62. The molecule has 0 saturated carbocycles. The third kappa shape index (κ3) is 1.99. The van der Waals surface area contributed by atoms with Gasteiger partial charge >= 0.3 is 0 Å². The molecule has 4 nitrogen and oxygen atoms in total. The van der Waals surface area contributed by atoms with Crippen LogP contribution in [0.3, 0.4) is 0 Å². The summed E-state index contributed by atoms with van der Waals surface area (Å²) < 4.78 is 0. The van der Waals surface area contributed by atoms with Crippen molar-refractivity contribution in [3.63, 3.8) is 0 Å². The number of hydrogen-bond donors (Lipinski definition) is 0. The van der Waals surface area contributed by atoms with Crippen molar-refractivity contribution < 1.29 is 9.59 Å². The van der Waals surface area contributed by atoms with E-state index in [-0.39, 0.29) is 17.7 Å². The van der Waals surface area contributed by atoms with E-state index in [1.54, 1.807) is 24.3 Å². The number of amides is 2. The quantitative estimate of drug-likeness (QED) is 0.590. The minimum Gasteiger partial charge on any atom is -0.274 e. The summed E-state index contributed by atoms with van der Waals surface area (Å²) in [5, 5.41) is 9.61.